The fourth-order valence-corrected chi connectivity index (χ4v) is 2.12. The number of hydrogen-bond donors (Lipinski definition) is 2. The number of aromatic amines is 1. The molecule has 1 unspecified atom stereocenters. The van der Waals surface area contributed by atoms with Crippen LogP contribution in [-0.2, 0) is 6.54 Å². The molecule has 0 fully saturated rings. The van der Waals surface area contributed by atoms with E-state index in [2.05, 4.69) is 15.5 Å². The van der Waals surface area contributed by atoms with E-state index < -0.39 is 0 Å². The third kappa shape index (κ3) is 3.11. The average molecular weight is 275 g/mol. The molecule has 2 N–H and O–H groups in total. The number of benzene rings is 1. The lowest BCUT2D eigenvalue weighted by molar-refractivity contribution is 0.220. The molecule has 0 amide bonds. The molecule has 0 spiro atoms. The van der Waals surface area contributed by atoms with Crippen LogP contribution in [0.4, 0.5) is 0 Å². The molecule has 5 nitrogen and oxygen atoms in total. The van der Waals surface area contributed by atoms with Gasteiger partial charge in [-0.2, -0.15) is 5.10 Å². The minimum atomic E-state index is -0.114. The van der Waals surface area contributed by atoms with Crippen molar-refractivity contribution in [3.05, 3.63) is 41.2 Å². The second-order valence-corrected chi connectivity index (χ2v) is 4.68. The average Bonchev–Trinajstić information content (AvgIpc) is 2.82. The van der Waals surface area contributed by atoms with Gasteiger partial charge >= 0.3 is 0 Å². The van der Waals surface area contributed by atoms with Crippen molar-refractivity contribution in [2.24, 2.45) is 0 Å². The lowest BCUT2D eigenvalue weighted by Gasteiger charge is -2.15. The van der Waals surface area contributed by atoms with Gasteiger partial charge in [-0.25, -0.2) is 0 Å². The fraction of sp³-hybridized carbons (Fsp3) is 0.400. The van der Waals surface area contributed by atoms with E-state index in [-0.39, 0.29) is 6.10 Å². The smallest absolute Gasteiger partial charge is 0.140 e. The number of aromatic nitrogens is 2. The van der Waals surface area contributed by atoms with Crippen LogP contribution in [0.2, 0.25) is 0 Å². The minimum Gasteiger partial charge on any atom is -0.497 e. The molecule has 1 heterocycles. The van der Waals surface area contributed by atoms with E-state index in [0.717, 1.165) is 35.0 Å². The maximum atomic E-state index is 5.93. The van der Waals surface area contributed by atoms with E-state index in [9.17, 15) is 0 Å². The van der Waals surface area contributed by atoms with Gasteiger partial charge in [0.1, 0.15) is 23.3 Å². The highest BCUT2D eigenvalue weighted by Gasteiger charge is 2.17. The number of methoxy groups -OCH3 is 1. The van der Waals surface area contributed by atoms with Crippen LogP contribution < -0.4 is 14.8 Å². The zero-order valence-corrected chi connectivity index (χ0v) is 12.4. The Hall–Kier alpha value is -2.01. The van der Waals surface area contributed by atoms with Crippen LogP contribution >= 0.6 is 0 Å². The van der Waals surface area contributed by atoms with Crippen molar-refractivity contribution in [2.45, 2.75) is 26.5 Å². The molecule has 0 saturated carbocycles. The van der Waals surface area contributed by atoms with Crippen molar-refractivity contribution < 1.29 is 9.47 Å². The van der Waals surface area contributed by atoms with E-state index in [4.69, 9.17) is 9.47 Å². The van der Waals surface area contributed by atoms with Crippen LogP contribution in [-0.4, -0.2) is 24.4 Å². The van der Waals surface area contributed by atoms with Crippen LogP contribution in [0.3, 0.4) is 0 Å². The zero-order valence-electron chi connectivity index (χ0n) is 12.4. The van der Waals surface area contributed by atoms with Gasteiger partial charge in [-0.15, -0.1) is 0 Å². The van der Waals surface area contributed by atoms with Crippen LogP contribution in [0.5, 0.6) is 11.5 Å². The first-order valence-corrected chi connectivity index (χ1v) is 6.64. The van der Waals surface area contributed by atoms with Gasteiger partial charge in [-0.1, -0.05) is 0 Å². The minimum absolute atomic E-state index is 0.114. The predicted molar refractivity (Wildman–Crippen MR) is 78.1 cm³/mol. The molecule has 108 valence electrons. The zero-order chi connectivity index (χ0) is 14.5. The van der Waals surface area contributed by atoms with Crippen LogP contribution in [0, 0.1) is 6.92 Å². The lowest BCUT2D eigenvalue weighted by atomic mass is 10.1. The second kappa shape index (κ2) is 6.43. The largest absolute Gasteiger partial charge is 0.497 e. The Labute approximate surface area is 119 Å². The summed E-state index contributed by atoms with van der Waals surface area (Å²) in [5.41, 5.74) is 3.17. The van der Waals surface area contributed by atoms with Gasteiger partial charge in [0.15, 0.2) is 0 Å². The van der Waals surface area contributed by atoms with Crippen molar-refractivity contribution in [2.75, 3.05) is 14.2 Å². The van der Waals surface area contributed by atoms with Crippen molar-refractivity contribution >= 4 is 0 Å². The van der Waals surface area contributed by atoms with Gasteiger partial charge in [0.25, 0.3) is 0 Å². The van der Waals surface area contributed by atoms with E-state index in [0.29, 0.717) is 0 Å². The van der Waals surface area contributed by atoms with E-state index >= 15 is 0 Å². The Morgan fingerprint density at radius 1 is 1.25 bits per heavy atom. The number of aryl methyl sites for hydroxylation is 1. The number of ether oxygens (including phenoxy) is 2. The standard InChI is InChI=1S/C15H21N3O2/c1-10-14(9-16-3)15(18-17-10)11(2)20-13-7-5-12(19-4)6-8-13/h5-8,11,16H,9H2,1-4H3,(H,17,18). The Balaban J connectivity index is 2.12. The highest BCUT2D eigenvalue weighted by atomic mass is 16.5. The van der Waals surface area contributed by atoms with Crippen molar-refractivity contribution in [1.29, 1.82) is 0 Å². The quantitative estimate of drug-likeness (QED) is 0.850. The number of nitrogens with zero attached hydrogens (tertiary/aromatic N) is 1. The molecule has 1 aromatic carbocycles. The first-order chi connectivity index (χ1) is 9.65. The van der Waals surface area contributed by atoms with Gasteiger partial charge in [0, 0.05) is 17.8 Å². The lowest BCUT2D eigenvalue weighted by Crippen LogP contribution is -2.12. The SMILES string of the molecule is CNCc1c(C(C)Oc2ccc(OC)cc2)n[nH]c1C. The Kier molecular flexibility index (Phi) is 4.63. The summed E-state index contributed by atoms with van der Waals surface area (Å²) in [6.07, 6.45) is -0.114. The van der Waals surface area contributed by atoms with Crippen molar-refractivity contribution in [3.63, 3.8) is 0 Å². The van der Waals surface area contributed by atoms with E-state index in [1.54, 1.807) is 7.11 Å². The summed E-state index contributed by atoms with van der Waals surface area (Å²) >= 11 is 0. The summed E-state index contributed by atoms with van der Waals surface area (Å²) in [5, 5.41) is 10.5. The summed E-state index contributed by atoms with van der Waals surface area (Å²) in [4.78, 5) is 0. The molecule has 0 aliphatic rings. The van der Waals surface area contributed by atoms with E-state index in [1.807, 2.05) is 45.2 Å². The molecule has 0 radical (unpaired) electrons. The van der Waals surface area contributed by atoms with Gasteiger partial charge in [0.05, 0.1) is 7.11 Å². The molecule has 20 heavy (non-hydrogen) atoms. The monoisotopic (exact) mass is 275 g/mol. The Morgan fingerprint density at radius 3 is 2.50 bits per heavy atom. The molecule has 0 aliphatic carbocycles. The molecule has 2 rings (SSSR count). The molecular formula is C15H21N3O2. The molecular weight excluding hydrogens is 254 g/mol. The molecule has 0 bridgehead atoms. The summed E-state index contributed by atoms with van der Waals surface area (Å²) < 4.78 is 11.1. The summed E-state index contributed by atoms with van der Waals surface area (Å²) in [7, 11) is 3.57. The number of H-pyrrole nitrogens is 1. The van der Waals surface area contributed by atoms with Crippen LogP contribution in [0.1, 0.15) is 30.0 Å². The van der Waals surface area contributed by atoms with Crippen LogP contribution in [0.25, 0.3) is 0 Å². The Bertz CT molecular complexity index is 549. The fourth-order valence-electron chi connectivity index (χ4n) is 2.12. The summed E-state index contributed by atoms with van der Waals surface area (Å²) in [6, 6.07) is 7.55. The topological polar surface area (TPSA) is 59.2 Å². The van der Waals surface area contributed by atoms with Gasteiger partial charge in [-0.05, 0) is 45.2 Å². The molecule has 1 atom stereocenters. The van der Waals surface area contributed by atoms with Crippen molar-refractivity contribution in [3.8, 4) is 11.5 Å². The molecule has 2 aromatic rings. The first-order valence-electron chi connectivity index (χ1n) is 6.64. The third-order valence-corrected chi connectivity index (χ3v) is 3.22. The van der Waals surface area contributed by atoms with Crippen molar-refractivity contribution in [1.82, 2.24) is 15.5 Å². The number of rotatable bonds is 6. The second-order valence-electron chi connectivity index (χ2n) is 4.68. The normalized spacial score (nSPS) is 12.2. The maximum Gasteiger partial charge on any atom is 0.140 e. The number of hydrogen-bond acceptors (Lipinski definition) is 4. The molecule has 1 aromatic heterocycles. The van der Waals surface area contributed by atoms with Gasteiger partial charge in [-0.3, -0.25) is 5.10 Å². The summed E-state index contributed by atoms with van der Waals surface area (Å²) in [5.74, 6) is 1.62. The first kappa shape index (κ1) is 14.4. The number of nitrogens with one attached hydrogen (secondary N) is 2. The van der Waals surface area contributed by atoms with Crippen LogP contribution in [0.15, 0.2) is 24.3 Å². The van der Waals surface area contributed by atoms with E-state index in [1.165, 1.54) is 0 Å². The Morgan fingerprint density at radius 2 is 1.90 bits per heavy atom. The molecule has 0 saturated heterocycles. The maximum absolute atomic E-state index is 5.93. The summed E-state index contributed by atoms with van der Waals surface area (Å²) in [6.45, 7) is 4.79. The van der Waals surface area contributed by atoms with Gasteiger partial charge in [0.2, 0.25) is 0 Å². The third-order valence-electron chi connectivity index (χ3n) is 3.22. The molecule has 0 aliphatic heterocycles. The highest BCUT2D eigenvalue weighted by molar-refractivity contribution is 5.32. The van der Waals surface area contributed by atoms with Gasteiger partial charge < -0.3 is 14.8 Å². The molecule has 5 heteroatoms. The highest BCUT2D eigenvalue weighted by Crippen LogP contribution is 2.25. The predicted octanol–water partition coefficient (Wildman–Crippen LogP) is 2.59.